The number of rotatable bonds is 5. The molecule has 2 nitrogen and oxygen atoms in total. The Hall–Kier alpha value is -1.05. The lowest BCUT2D eigenvalue weighted by Crippen LogP contribution is -2.39. The first-order valence-electron chi connectivity index (χ1n) is 8.03. The Morgan fingerprint density at radius 2 is 1.55 bits per heavy atom. The molecular formula is C18H37NO. The van der Waals surface area contributed by atoms with Gasteiger partial charge >= 0.3 is 0 Å². The summed E-state index contributed by atoms with van der Waals surface area (Å²) in [6.45, 7) is 20.3. The van der Waals surface area contributed by atoms with E-state index in [1.165, 1.54) is 11.1 Å². The van der Waals surface area contributed by atoms with E-state index in [9.17, 15) is 4.79 Å². The molecule has 1 atom stereocenters. The maximum atomic E-state index is 11.5. The van der Waals surface area contributed by atoms with Crippen molar-refractivity contribution in [2.75, 3.05) is 0 Å². The lowest BCUT2D eigenvalue weighted by Gasteiger charge is -2.25. The monoisotopic (exact) mass is 283 g/mol. The molecule has 0 aliphatic rings. The van der Waals surface area contributed by atoms with Crippen molar-refractivity contribution in [3.05, 3.63) is 23.3 Å². The van der Waals surface area contributed by atoms with Gasteiger partial charge in [-0.25, -0.2) is 0 Å². The second-order valence-electron chi connectivity index (χ2n) is 4.60. The zero-order valence-corrected chi connectivity index (χ0v) is 15.4. The Labute approximate surface area is 127 Å². The summed E-state index contributed by atoms with van der Waals surface area (Å²) in [5.74, 6) is 0.513. The summed E-state index contributed by atoms with van der Waals surface area (Å²) in [6.07, 6.45) is 4.65. The molecule has 0 radical (unpaired) electrons. The molecule has 0 rings (SSSR count). The van der Waals surface area contributed by atoms with Crippen LogP contribution in [0.4, 0.5) is 0 Å². The van der Waals surface area contributed by atoms with Gasteiger partial charge in [0.2, 0.25) is 5.91 Å². The first-order chi connectivity index (χ1) is 9.43. The highest BCUT2D eigenvalue weighted by Crippen LogP contribution is 2.17. The van der Waals surface area contributed by atoms with E-state index in [1.807, 2.05) is 47.6 Å². The molecule has 120 valence electrons. The van der Waals surface area contributed by atoms with Gasteiger partial charge in [0.15, 0.2) is 0 Å². The van der Waals surface area contributed by atoms with E-state index in [4.69, 9.17) is 0 Å². The zero-order valence-electron chi connectivity index (χ0n) is 15.4. The van der Waals surface area contributed by atoms with Gasteiger partial charge in [-0.05, 0) is 32.3 Å². The summed E-state index contributed by atoms with van der Waals surface area (Å²) < 4.78 is 0. The third-order valence-electron chi connectivity index (χ3n) is 2.56. The minimum Gasteiger partial charge on any atom is -0.349 e. The molecule has 0 spiro atoms. The molecular weight excluding hydrogens is 246 g/mol. The van der Waals surface area contributed by atoms with Crippen LogP contribution in [0.5, 0.6) is 0 Å². The van der Waals surface area contributed by atoms with Gasteiger partial charge in [-0.3, -0.25) is 4.79 Å². The number of hydrogen-bond acceptors (Lipinski definition) is 1. The average Bonchev–Trinajstić information content (AvgIpc) is 2.46. The lowest BCUT2D eigenvalue weighted by molar-refractivity contribution is -0.121. The molecule has 20 heavy (non-hydrogen) atoms. The first-order valence-corrected chi connectivity index (χ1v) is 8.03. The first kappa shape index (κ1) is 24.0. The third-order valence-corrected chi connectivity index (χ3v) is 2.56. The van der Waals surface area contributed by atoms with Gasteiger partial charge in [-0.1, -0.05) is 66.2 Å². The molecule has 0 saturated heterocycles. The van der Waals surface area contributed by atoms with Crippen molar-refractivity contribution < 1.29 is 4.79 Å². The lowest BCUT2D eigenvalue weighted by atomic mass is 9.92. The molecule has 0 heterocycles. The van der Waals surface area contributed by atoms with E-state index < -0.39 is 0 Å². The SMILES string of the molecule is C/C=C\C(=C(C)C)C(NC(=O)CC)C(C)C.CC.CC. The Bertz CT molecular complexity index is 284. The van der Waals surface area contributed by atoms with Crippen molar-refractivity contribution in [2.24, 2.45) is 5.92 Å². The summed E-state index contributed by atoms with van der Waals surface area (Å²) in [6, 6.07) is 0.119. The number of carbonyl (C=O) groups is 1. The molecule has 0 aromatic heterocycles. The third kappa shape index (κ3) is 10.8. The average molecular weight is 284 g/mol. The second-order valence-corrected chi connectivity index (χ2v) is 4.60. The van der Waals surface area contributed by atoms with Crippen LogP contribution in [0.25, 0.3) is 0 Å². The second kappa shape index (κ2) is 16.0. The van der Waals surface area contributed by atoms with Crippen LogP contribution in [-0.2, 0) is 4.79 Å². The van der Waals surface area contributed by atoms with E-state index in [0.29, 0.717) is 12.3 Å². The number of nitrogens with one attached hydrogen (secondary N) is 1. The fraction of sp³-hybridized carbons (Fsp3) is 0.722. The number of carbonyl (C=O) groups excluding carboxylic acids is 1. The van der Waals surface area contributed by atoms with Crippen LogP contribution in [0, 0.1) is 5.92 Å². The topological polar surface area (TPSA) is 29.1 Å². The number of allylic oxidation sites excluding steroid dienone is 2. The molecule has 0 saturated carbocycles. The van der Waals surface area contributed by atoms with Gasteiger partial charge in [0, 0.05) is 6.42 Å². The van der Waals surface area contributed by atoms with E-state index in [0.717, 1.165) is 0 Å². The van der Waals surface area contributed by atoms with Gasteiger partial charge in [-0.15, -0.1) is 0 Å². The zero-order chi connectivity index (χ0) is 16.7. The molecule has 0 fully saturated rings. The molecule has 0 aromatic rings. The molecule has 2 heteroatoms. The highest BCUT2D eigenvalue weighted by atomic mass is 16.1. The largest absolute Gasteiger partial charge is 0.349 e. The fourth-order valence-electron chi connectivity index (χ4n) is 1.64. The van der Waals surface area contributed by atoms with E-state index in [-0.39, 0.29) is 11.9 Å². The smallest absolute Gasteiger partial charge is 0.220 e. The summed E-state index contributed by atoms with van der Waals surface area (Å²) in [5.41, 5.74) is 2.48. The Morgan fingerprint density at radius 3 is 1.80 bits per heavy atom. The minimum absolute atomic E-state index is 0.113. The summed E-state index contributed by atoms with van der Waals surface area (Å²) in [4.78, 5) is 11.5. The number of amides is 1. The summed E-state index contributed by atoms with van der Waals surface area (Å²) in [7, 11) is 0. The van der Waals surface area contributed by atoms with Crippen LogP contribution in [-0.4, -0.2) is 11.9 Å². The number of hydrogen-bond donors (Lipinski definition) is 1. The molecule has 1 N–H and O–H groups in total. The maximum absolute atomic E-state index is 11.5. The minimum atomic E-state index is 0.113. The highest BCUT2D eigenvalue weighted by molar-refractivity contribution is 5.76. The van der Waals surface area contributed by atoms with Gasteiger partial charge < -0.3 is 5.32 Å². The van der Waals surface area contributed by atoms with Crippen molar-refractivity contribution in [1.29, 1.82) is 0 Å². The van der Waals surface area contributed by atoms with Crippen molar-refractivity contribution in [2.45, 2.75) is 81.7 Å². The predicted octanol–water partition coefficient (Wildman–Crippen LogP) is 5.50. The Kier molecular flexibility index (Phi) is 19.2. The van der Waals surface area contributed by atoms with E-state index in [2.05, 4.69) is 39.1 Å². The van der Waals surface area contributed by atoms with Crippen LogP contribution in [0.2, 0.25) is 0 Å². The Balaban J connectivity index is -0.000000656. The van der Waals surface area contributed by atoms with Crippen molar-refractivity contribution in [1.82, 2.24) is 5.32 Å². The van der Waals surface area contributed by atoms with Crippen LogP contribution in [0.1, 0.15) is 75.7 Å². The molecule has 0 aromatic carbocycles. The van der Waals surface area contributed by atoms with E-state index >= 15 is 0 Å². The van der Waals surface area contributed by atoms with Crippen molar-refractivity contribution in [3.63, 3.8) is 0 Å². The Morgan fingerprint density at radius 1 is 1.10 bits per heavy atom. The van der Waals surface area contributed by atoms with Crippen LogP contribution >= 0.6 is 0 Å². The predicted molar refractivity (Wildman–Crippen MR) is 92.9 cm³/mol. The molecule has 0 aliphatic heterocycles. The summed E-state index contributed by atoms with van der Waals surface area (Å²) in [5, 5.41) is 3.08. The van der Waals surface area contributed by atoms with Gasteiger partial charge in [0.05, 0.1) is 6.04 Å². The van der Waals surface area contributed by atoms with Crippen molar-refractivity contribution >= 4 is 5.91 Å². The molecule has 1 unspecified atom stereocenters. The summed E-state index contributed by atoms with van der Waals surface area (Å²) >= 11 is 0. The van der Waals surface area contributed by atoms with Crippen LogP contribution < -0.4 is 5.32 Å². The van der Waals surface area contributed by atoms with Crippen LogP contribution in [0.15, 0.2) is 23.3 Å². The van der Waals surface area contributed by atoms with E-state index in [1.54, 1.807) is 0 Å². The maximum Gasteiger partial charge on any atom is 0.220 e. The van der Waals surface area contributed by atoms with Gasteiger partial charge in [0.1, 0.15) is 0 Å². The van der Waals surface area contributed by atoms with Crippen molar-refractivity contribution in [3.8, 4) is 0 Å². The van der Waals surface area contributed by atoms with Gasteiger partial charge in [-0.2, -0.15) is 0 Å². The quantitative estimate of drug-likeness (QED) is 0.663. The van der Waals surface area contributed by atoms with Crippen LogP contribution in [0.3, 0.4) is 0 Å². The molecule has 0 aliphatic carbocycles. The normalized spacial score (nSPS) is 10.9. The molecule has 0 bridgehead atoms. The molecule has 1 amide bonds. The van der Waals surface area contributed by atoms with Gasteiger partial charge in [0.25, 0.3) is 0 Å². The highest BCUT2D eigenvalue weighted by Gasteiger charge is 2.18. The fourth-order valence-corrected chi connectivity index (χ4v) is 1.64. The standard InChI is InChI=1S/C14H25NO.2C2H6/c1-7-9-12(10(3)4)14(11(5)6)15-13(16)8-2;2*1-2/h7,9,11,14H,8H2,1-6H3,(H,15,16);2*1-2H3/b9-7-;;.